The summed E-state index contributed by atoms with van der Waals surface area (Å²) in [5, 5.41) is 24.4. The molecule has 1 aromatic rings. The van der Waals surface area contributed by atoms with Gasteiger partial charge in [-0.25, -0.2) is 0 Å². The predicted molar refractivity (Wildman–Crippen MR) is 102 cm³/mol. The lowest BCUT2D eigenvalue weighted by Crippen LogP contribution is -2.24. The fraction of sp³-hybridized carbons (Fsp3) is 0.579. The lowest BCUT2D eigenvalue weighted by atomic mass is 10.1. The van der Waals surface area contributed by atoms with Crippen LogP contribution in [0.4, 0.5) is 5.69 Å². The molecule has 1 amide bonds. The molecule has 0 spiro atoms. The van der Waals surface area contributed by atoms with Gasteiger partial charge in [0.25, 0.3) is 5.69 Å². The number of nitrogens with zero attached hydrogens (tertiary/aromatic N) is 2. The van der Waals surface area contributed by atoms with Gasteiger partial charge in [-0.05, 0) is 30.9 Å². The molecule has 2 rings (SSSR count). The van der Waals surface area contributed by atoms with E-state index in [1.165, 1.54) is 12.1 Å². The second-order valence-corrected chi connectivity index (χ2v) is 6.72. The first kappa shape index (κ1) is 22.7. The molecule has 1 fully saturated rings. The smallest absolute Gasteiger partial charge is 0.325 e. The van der Waals surface area contributed by atoms with Crippen molar-refractivity contribution in [1.29, 1.82) is 0 Å². The van der Waals surface area contributed by atoms with E-state index < -0.39 is 11.5 Å². The lowest BCUT2D eigenvalue weighted by molar-refractivity contribution is -0.385. The predicted octanol–water partition coefficient (Wildman–Crippen LogP) is 1.44. The average Bonchev–Trinajstić information content (AvgIpc) is 3.21. The lowest BCUT2D eigenvalue weighted by Gasteiger charge is -2.13. The number of benzene rings is 1. The maximum Gasteiger partial charge on any atom is 0.325 e. The highest BCUT2D eigenvalue weighted by Gasteiger charge is 2.16. The van der Waals surface area contributed by atoms with Gasteiger partial charge >= 0.3 is 5.97 Å². The van der Waals surface area contributed by atoms with E-state index >= 15 is 0 Å². The molecule has 10 heteroatoms. The summed E-state index contributed by atoms with van der Waals surface area (Å²) in [7, 11) is 0. The summed E-state index contributed by atoms with van der Waals surface area (Å²) in [5.74, 6) is -0.512. The van der Waals surface area contributed by atoms with Crippen LogP contribution in [0.1, 0.15) is 43.2 Å². The van der Waals surface area contributed by atoms with E-state index in [-0.39, 0.29) is 49.1 Å². The highest BCUT2D eigenvalue weighted by Crippen LogP contribution is 2.20. The minimum absolute atomic E-state index is 0.147. The van der Waals surface area contributed by atoms with Crippen LogP contribution in [0.3, 0.4) is 0 Å². The SMILES string of the molecule is O=C(CCOCCCC(=O)ON1CCCC1)NCc1ccc(CO)c([N+](=O)[O-])c1. The molecule has 1 aliphatic heterocycles. The van der Waals surface area contributed by atoms with Gasteiger partial charge in [-0.2, -0.15) is 0 Å². The number of rotatable bonds is 12. The molecule has 10 nitrogen and oxygen atoms in total. The number of nitro benzene ring substituents is 1. The number of aliphatic hydroxyl groups is 1. The third-order valence-electron chi connectivity index (χ3n) is 4.45. The van der Waals surface area contributed by atoms with Gasteiger partial charge in [0, 0.05) is 45.1 Å². The van der Waals surface area contributed by atoms with Gasteiger partial charge in [-0.3, -0.25) is 19.7 Å². The molecule has 0 aromatic heterocycles. The normalized spacial score (nSPS) is 14.0. The van der Waals surface area contributed by atoms with Crippen molar-refractivity contribution in [2.24, 2.45) is 0 Å². The minimum atomic E-state index is -0.564. The third-order valence-corrected chi connectivity index (χ3v) is 4.45. The number of hydrogen-bond donors (Lipinski definition) is 2. The summed E-state index contributed by atoms with van der Waals surface area (Å²) >= 11 is 0. The molecule has 1 heterocycles. The molecule has 1 aromatic carbocycles. The van der Waals surface area contributed by atoms with Crippen LogP contribution < -0.4 is 5.32 Å². The van der Waals surface area contributed by atoms with Crippen molar-refractivity contribution >= 4 is 17.6 Å². The van der Waals surface area contributed by atoms with Gasteiger partial charge in [0.1, 0.15) is 0 Å². The van der Waals surface area contributed by atoms with Crippen molar-refractivity contribution in [3.8, 4) is 0 Å². The fourth-order valence-electron chi connectivity index (χ4n) is 2.87. The van der Waals surface area contributed by atoms with E-state index in [0.29, 0.717) is 18.6 Å². The van der Waals surface area contributed by atoms with Gasteiger partial charge in [0.2, 0.25) is 5.91 Å². The molecule has 0 radical (unpaired) electrons. The first-order valence-electron chi connectivity index (χ1n) is 9.67. The van der Waals surface area contributed by atoms with E-state index in [1.54, 1.807) is 11.1 Å². The van der Waals surface area contributed by atoms with Crippen LogP contribution in [0.25, 0.3) is 0 Å². The zero-order valence-corrected chi connectivity index (χ0v) is 16.3. The number of hydrogen-bond acceptors (Lipinski definition) is 8. The standard InChI is InChI=1S/C19H27N3O7/c23-14-16-6-5-15(12-17(16)22(26)27)13-20-18(24)7-11-28-10-3-4-19(25)29-21-8-1-2-9-21/h5-6,12,23H,1-4,7-11,13-14H2,(H,20,24). The molecule has 0 bridgehead atoms. The largest absolute Gasteiger partial charge is 0.391 e. The summed E-state index contributed by atoms with van der Waals surface area (Å²) in [6.07, 6.45) is 3.03. The summed E-state index contributed by atoms with van der Waals surface area (Å²) in [6, 6.07) is 4.43. The van der Waals surface area contributed by atoms with Crippen molar-refractivity contribution in [3.05, 3.63) is 39.4 Å². The van der Waals surface area contributed by atoms with Crippen molar-refractivity contribution in [1.82, 2.24) is 10.4 Å². The summed E-state index contributed by atoms with van der Waals surface area (Å²) in [5.41, 5.74) is 0.619. The highest BCUT2D eigenvalue weighted by atomic mass is 16.7. The van der Waals surface area contributed by atoms with Crippen LogP contribution >= 0.6 is 0 Å². The van der Waals surface area contributed by atoms with E-state index in [2.05, 4.69) is 5.32 Å². The topological polar surface area (TPSA) is 131 Å². The molecule has 0 aliphatic carbocycles. The molecular formula is C19H27N3O7. The van der Waals surface area contributed by atoms with Crippen LogP contribution in [0, 0.1) is 10.1 Å². The Morgan fingerprint density at radius 3 is 2.66 bits per heavy atom. The van der Waals surface area contributed by atoms with Crippen molar-refractivity contribution in [3.63, 3.8) is 0 Å². The summed E-state index contributed by atoms with van der Waals surface area (Å²) in [4.78, 5) is 39.1. The number of nitrogens with one attached hydrogen (secondary N) is 1. The van der Waals surface area contributed by atoms with Gasteiger partial charge in [0.15, 0.2) is 0 Å². The number of carbonyl (C=O) groups is 2. The number of amides is 1. The molecule has 1 aliphatic rings. The van der Waals surface area contributed by atoms with Gasteiger partial charge in [0.05, 0.1) is 23.7 Å². The Morgan fingerprint density at radius 2 is 1.97 bits per heavy atom. The number of hydroxylamine groups is 2. The number of aliphatic hydroxyl groups excluding tert-OH is 1. The first-order valence-corrected chi connectivity index (χ1v) is 9.67. The highest BCUT2D eigenvalue weighted by molar-refractivity contribution is 5.76. The fourth-order valence-corrected chi connectivity index (χ4v) is 2.87. The zero-order valence-electron chi connectivity index (χ0n) is 16.3. The van der Waals surface area contributed by atoms with E-state index in [0.717, 1.165) is 25.9 Å². The monoisotopic (exact) mass is 409 g/mol. The second kappa shape index (κ2) is 12.1. The zero-order chi connectivity index (χ0) is 21.1. The minimum Gasteiger partial charge on any atom is -0.391 e. The maximum absolute atomic E-state index is 11.8. The number of ether oxygens (including phenoxy) is 1. The van der Waals surface area contributed by atoms with Crippen LogP contribution in [-0.2, 0) is 32.3 Å². The van der Waals surface area contributed by atoms with Crippen LogP contribution in [0.2, 0.25) is 0 Å². The third kappa shape index (κ3) is 8.14. The van der Waals surface area contributed by atoms with Gasteiger partial charge in [-0.1, -0.05) is 6.07 Å². The molecule has 1 saturated heterocycles. The first-order chi connectivity index (χ1) is 14.0. The average molecular weight is 409 g/mol. The molecule has 0 unspecified atom stereocenters. The summed E-state index contributed by atoms with van der Waals surface area (Å²) in [6.45, 7) is 1.88. The van der Waals surface area contributed by atoms with E-state index in [9.17, 15) is 19.7 Å². The molecule has 160 valence electrons. The molecule has 0 saturated carbocycles. The quantitative estimate of drug-likeness (QED) is 0.301. The van der Waals surface area contributed by atoms with E-state index in [1.807, 2.05) is 0 Å². The Bertz CT molecular complexity index is 705. The second-order valence-electron chi connectivity index (χ2n) is 6.72. The van der Waals surface area contributed by atoms with Crippen molar-refractivity contribution in [2.75, 3.05) is 26.3 Å². The van der Waals surface area contributed by atoms with Gasteiger partial charge < -0.3 is 20.0 Å². The maximum atomic E-state index is 11.8. The van der Waals surface area contributed by atoms with E-state index in [4.69, 9.17) is 14.7 Å². The number of nitro groups is 1. The number of carbonyl (C=O) groups excluding carboxylic acids is 2. The Hall–Kier alpha value is -2.56. The van der Waals surface area contributed by atoms with Gasteiger partial charge in [-0.15, -0.1) is 5.06 Å². The van der Waals surface area contributed by atoms with Crippen molar-refractivity contribution < 1.29 is 29.2 Å². The van der Waals surface area contributed by atoms with Crippen LogP contribution in [0.15, 0.2) is 18.2 Å². The Morgan fingerprint density at radius 1 is 1.21 bits per heavy atom. The van der Waals surface area contributed by atoms with Crippen LogP contribution in [0.5, 0.6) is 0 Å². The Kier molecular flexibility index (Phi) is 9.48. The van der Waals surface area contributed by atoms with Crippen LogP contribution in [-0.4, -0.2) is 53.3 Å². The Balaban J connectivity index is 1.56. The molecule has 29 heavy (non-hydrogen) atoms. The molecule has 0 atom stereocenters. The van der Waals surface area contributed by atoms with Crippen molar-refractivity contribution in [2.45, 2.75) is 45.3 Å². The molecule has 2 N–H and O–H groups in total. The summed E-state index contributed by atoms with van der Waals surface area (Å²) < 4.78 is 5.36. The molecular weight excluding hydrogens is 382 g/mol. The Labute approximate surface area is 168 Å².